The lowest BCUT2D eigenvalue weighted by Crippen LogP contribution is -2.54. The average molecular weight is 427 g/mol. The van der Waals surface area contributed by atoms with Gasteiger partial charge in [-0.3, -0.25) is 4.90 Å². The maximum atomic E-state index is 12.3. The molecule has 0 aromatic heterocycles. The van der Waals surface area contributed by atoms with Crippen LogP contribution in [0.4, 0.5) is 4.79 Å². The third-order valence-electron chi connectivity index (χ3n) is 4.20. The highest BCUT2D eigenvalue weighted by Gasteiger charge is 2.31. The number of rotatable bonds is 3. The number of halogens is 1. The van der Waals surface area contributed by atoms with Crippen molar-refractivity contribution in [1.82, 2.24) is 9.80 Å². The Morgan fingerprint density at radius 3 is 2.54 bits per heavy atom. The number of benzene rings is 1. The number of carbonyl (C=O) groups is 2. The summed E-state index contributed by atoms with van der Waals surface area (Å²) in [5.41, 5.74) is 1.06. The number of amides is 1. The highest BCUT2D eigenvalue weighted by molar-refractivity contribution is 9.10. The van der Waals surface area contributed by atoms with E-state index < -0.39 is 5.60 Å². The van der Waals surface area contributed by atoms with Gasteiger partial charge >= 0.3 is 12.1 Å². The van der Waals surface area contributed by atoms with Gasteiger partial charge in [-0.2, -0.15) is 0 Å². The van der Waals surface area contributed by atoms with Crippen LogP contribution in [0.3, 0.4) is 0 Å². The molecule has 1 amide bonds. The van der Waals surface area contributed by atoms with Crippen LogP contribution in [0.25, 0.3) is 0 Å². The summed E-state index contributed by atoms with van der Waals surface area (Å²) in [6.07, 6.45) is -0.265. The molecule has 0 radical (unpaired) electrons. The minimum absolute atomic E-state index is 0.0566. The molecule has 2 rings (SSSR count). The second-order valence-electron chi connectivity index (χ2n) is 7.56. The van der Waals surface area contributed by atoms with Crippen LogP contribution < -0.4 is 0 Å². The smallest absolute Gasteiger partial charge is 0.410 e. The van der Waals surface area contributed by atoms with Crippen LogP contribution in [0.1, 0.15) is 43.6 Å². The van der Waals surface area contributed by atoms with Crippen LogP contribution in [0.2, 0.25) is 0 Å². The number of carbonyl (C=O) groups excluding carboxylic acids is 2. The van der Waals surface area contributed by atoms with E-state index in [0.717, 1.165) is 23.1 Å². The molecule has 1 saturated heterocycles. The van der Waals surface area contributed by atoms with E-state index in [0.29, 0.717) is 18.7 Å². The first-order valence-corrected chi connectivity index (χ1v) is 9.48. The van der Waals surface area contributed by atoms with E-state index >= 15 is 0 Å². The summed E-state index contributed by atoms with van der Waals surface area (Å²) in [5.74, 6) is -0.345. The number of hydrogen-bond acceptors (Lipinski definition) is 5. The lowest BCUT2D eigenvalue weighted by atomic mass is 10.1. The van der Waals surface area contributed by atoms with Crippen molar-refractivity contribution in [1.29, 1.82) is 0 Å². The molecular formula is C19H27BrN2O4. The van der Waals surface area contributed by atoms with Crippen molar-refractivity contribution in [2.75, 3.05) is 26.7 Å². The number of methoxy groups -OCH3 is 1. The van der Waals surface area contributed by atoms with Gasteiger partial charge < -0.3 is 14.4 Å². The molecule has 6 nitrogen and oxygen atoms in total. The van der Waals surface area contributed by atoms with E-state index in [2.05, 4.69) is 20.8 Å². The summed E-state index contributed by atoms with van der Waals surface area (Å²) >= 11 is 3.55. The standard InChI is InChI=1S/C19H27BrN2O4/c1-13-11-21(8-9-22(13)18(24)26-19(2,3)4)12-15-10-14(17(23)25-5)6-7-16(15)20/h6-7,10,13H,8-9,11-12H2,1-5H3/t13-/m0/s1. The summed E-state index contributed by atoms with van der Waals surface area (Å²) in [5, 5.41) is 0. The molecule has 1 aliphatic heterocycles. The molecule has 0 N–H and O–H groups in total. The fourth-order valence-corrected chi connectivity index (χ4v) is 3.32. The van der Waals surface area contributed by atoms with Gasteiger partial charge in [-0.05, 0) is 51.5 Å². The number of esters is 1. The average Bonchev–Trinajstić information content (AvgIpc) is 2.54. The predicted molar refractivity (Wildman–Crippen MR) is 103 cm³/mol. The summed E-state index contributed by atoms with van der Waals surface area (Å²) < 4.78 is 11.2. The van der Waals surface area contributed by atoms with Crippen LogP contribution in [-0.2, 0) is 16.0 Å². The highest BCUT2D eigenvalue weighted by Crippen LogP contribution is 2.23. The molecule has 0 aliphatic carbocycles. The van der Waals surface area contributed by atoms with Crippen LogP contribution >= 0.6 is 15.9 Å². The SMILES string of the molecule is COC(=O)c1ccc(Br)c(CN2CCN(C(=O)OC(C)(C)C)[C@@H](C)C2)c1. The van der Waals surface area contributed by atoms with Crippen molar-refractivity contribution in [2.45, 2.75) is 45.9 Å². The van der Waals surface area contributed by atoms with E-state index in [1.165, 1.54) is 7.11 Å². The van der Waals surface area contributed by atoms with Gasteiger partial charge in [0.2, 0.25) is 0 Å². The third kappa shape index (κ3) is 5.45. The minimum Gasteiger partial charge on any atom is -0.465 e. The number of ether oxygens (including phenoxy) is 2. The Kier molecular flexibility index (Phi) is 6.69. The topological polar surface area (TPSA) is 59.1 Å². The Balaban J connectivity index is 2.01. The zero-order valence-electron chi connectivity index (χ0n) is 16.0. The molecule has 1 fully saturated rings. The second kappa shape index (κ2) is 8.39. The van der Waals surface area contributed by atoms with Gasteiger partial charge in [-0.1, -0.05) is 15.9 Å². The van der Waals surface area contributed by atoms with Crippen LogP contribution in [-0.4, -0.2) is 60.2 Å². The largest absolute Gasteiger partial charge is 0.465 e. The molecular weight excluding hydrogens is 400 g/mol. The molecule has 0 unspecified atom stereocenters. The van der Waals surface area contributed by atoms with Gasteiger partial charge in [0, 0.05) is 36.7 Å². The molecule has 7 heteroatoms. The summed E-state index contributed by atoms with van der Waals surface area (Å²) in [6, 6.07) is 5.51. The molecule has 144 valence electrons. The van der Waals surface area contributed by atoms with E-state index in [1.807, 2.05) is 39.8 Å². The van der Waals surface area contributed by atoms with Gasteiger partial charge in [-0.25, -0.2) is 9.59 Å². The molecule has 1 aromatic carbocycles. The Labute approximate surface area is 163 Å². The molecule has 1 aliphatic rings. The first-order chi connectivity index (χ1) is 12.1. The van der Waals surface area contributed by atoms with Gasteiger partial charge in [0.25, 0.3) is 0 Å². The molecule has 0 saturated carbocycles. The predicted octanol–water partition coefficient (Wildman–Crippen LogP) is 3.68. The summed E-state index contributed by atoms with van der Waals surface area (Å²) in [6.45, 7) is 10.4. The highest BCUT2D eigenvalue weighted by atomic mass is 79.9. The quantitative estimate of drug-likeness (QED) is 0.689. The van der Waals surface area contributed by atoms with Crippen LogP contribution in [0.15, 0.2) is 22.7 Å². The molecule has 26 heavy (non-hydrogen) atoms. The van der Waals surface area contributed by atoms with E-state index in [1.54, 1.807) is 11.0 Å². The first kappa shape index (κ1) is 20.7. The molecule has 1 atom stereocenters. The summed E-state index contributed by atoms with van der Waals surface area (Å²) in [7, 11) is 1.38. The van der Waals surface area contributed by atoms with Gasteiger partial charge in [-0.15, -0.1) is 0 Å². The maximum Gasteiger partial charge on any atom is 0.410 e. The Bertz CT molecular complexity index is 672. The lowest BCUT2D eigenvalue weighted by Gasteiger charge is -2.40. The van der Waals surface area contributed by atoms with Crippen molar-refractivity contribution in [3.63, 3.8) is 0 Å². The molecule has 0 bridgehead atoms. The fourth-order valence-electron chi connectivity index (χ4n) is 2.95. The number of nitrogens with zero attached hydrogens (tertiary/aromatic N) is 2. The van der Waals surface area contributed by atoms with Crippen molar-refractivity contribution in [3.05, 3.63) is 33.8 Å². The minimum atomic E-state index is -0.493. The van der Waals surface area contributed by atoms with Gasteiger partial charge in [0.1, 0.15) is 5.60 Å². The zero-order chi connectivity index (χ0) is 19.5. The zero-order valence-corrected chi connectivity index (χ0v) is 17.6. The van der Waals surface area contributed by atoms with Gasteiger partial charge in [0.15, 0.2) is 0 Å². The maximum absolute atomic E-state index is 12.3. The van der Waals surface area contributed by atoms with Gasteiger partial charge in [0.05, 0.1) is 12.7 Å². The van der Waals surface area contributed by atoms with Crippen molar-refractivity contribution in [3.8, 4) is 0 Å². The Morgan fingerprint density at radius 2 is 1.96 bits per heavy atom. The molecule has 0 spiro atoms. The first-order valence-electron chi connectivity index (χ1n) is 8.69. The second-order valence-corrected chi connectivity index (χ2v) is 8.41. The fraction of sp³-hybridized carbons (Fsp3) is 0.579. The molecule has 1 heterocycles. The third-order valence-corrected chi connectivity index (χ3v) is 4.97. The Hall–Kier alpha value is -1.60. The number of hydrogen-bond donors (Lipinski definition) is 0. The summed E-state index contributed by atoms with van der Waals surface area (Å²) in [4.78, 5) is 28.1. The van der Waals surface area contributed by atoms with E-state index in [-0.39, 0.29) is 18.1 Å². The van der Waals surface area contributed by atoms with Crippen LogP contribution in [0, 0.1) is 0 Å². The van der Waals surface area contributed by atoms with Crippen molar-refractivity contribution >= 4 is 28.0 Å². The molecule has 1 aromatic rings. The number of piperazine rings is 1. The Morgan fingerprint density at radius 1 is 1.27 bits per heavy atom. The van der Waals surface area contributed by atoms with E-state index in [9.17, 15) is 9.59 Å². The normalized spacial score (nSPS) is 18.5. The monoisotopic (exact) mass is 426 g/mol. The van der Waals surface area contributed by atoms with E-state index in [4.69, 9.17) is 9.47 Å². The van der Waals surface area contributed by atoms with Crippen LogP contribution in [0.5, 0.6) is 0 Å². The van der Waals surface area contributed by atoms with Crippen molar-refractivity contribution < 1.29 is 19.1 Å². The lowest BCUT2D eigenvalue weighted by molar-refractivity contribution is 0.000508. The van der Waals surface area contributed by atoms with Crippen molar-refractivity contribution in [2.24, 2.45) is 0 Å².